The quantitative estimate of drug-likeness (QED) is 0.623. The summed E-state index contributed by atoms with van der Waals surface area (Å²) >= 11 is 6.05. The fraction of sp³-hybridized carbons (Fsp3) is 0.350. The van der Waals surface area contributed by atoms with Gasteiger partial charge in [0.15, 0.2) is 0 Å². The van der Waals surface area contributed by atoms with Crippen molar-refractivity contribution < 1.29 is 22.3 Å². The first kappa shape index (κ1) is 23.1. The van der Waals surface area contributed by atoms with Crippen LogP contribution < -0.4 is 4.74 Å². The maximum absolute atomic E-state index is 14.1. The van der Waals surface area contributed by atoms with Crippen molar-refractivity contribution in [3.05, 3.63) is 58.4 Å². The van der Waals surface area contributed by atoms with E-state index in [4.69, 9.17) is 16.3 Å². The van der Waals surface area contributed by atoms with Gasteiger partial charge in [-0.1, -0.05) is 31.5 Å². The Morgan fingerprint density at radius 1 is 1.17 bits per heavy atom. The first-order valence-electron chi connectivity index (χ1n) is 9.03. The van der Waals surface area contributed by atoms with Gasteiger partial charge in [0.25, 0.3) is 5.91 Å². The normalized spacial score (nSPS) is 11.6. The molecule has 0 atom stereocenters. The van der Waals surface area contributed by atoms with Crippen LogP contribution in [0.5, 0.6) is 5.75 Å². The minimum absolute atomic E-state index is 0.0114. The van der Waals surface area contributed by atoms with E-state index in [1.54, 1.807) is 13.8 Å². The minimum Gasteiger partial charge on any atom is -0.496 e. The number of rotatable bonds is 8. The molecule has 2 rings (SSSR count). The average Bonchev–Trinajstić information content (AvgIpc) is 2.70. The predicted octanol–water partition coefficient (Wildman–Crippen LogP) is 3.79. The molecule has 1 amide bonds. The third-order valence-electron chi connectivity index (χ3n) is 4.55. The summed E-state index contributed by atoms with van der Waals surface area (Å²) in [6.45, 7) is 4.01. The molecule has 0 radical (unpaired) electrons. The van der Waals surface area contributed by atoms with Crippen LogP contribution in [0.15, 0.2) is 41.3 Å². The Balaban J connectivity index is 2.43. The molecule has 2 aromatic carbocycles. The summed E-state index contributed by atoms with van der Waals surface area (Å²) in [4.78, 5) is 14.3. The van der Waals surface area contributed by atoms with E-state index < -0.39 is 21.7 Å². The number of hydrogen-bond acceptors (Lipinski definition) is 4. The molecule has 0 aliphatic carbocycles. The van der Waals surface area contributed by atoms with Crippen molar-refractivity contribution in [2.24, 2.45) is 0 Å². The molecule has 0 unspecified atom stereocenters. The molecule has 2 aromatic rings. The second-order valence-electron chi connectivity index (χ2n) is 6.31. The van der Waals surface area contributed by atoms with E-state index in [1.807, 2.05) is 0 Å². The molecular weight excluding hydrogens is 419 g/mol. The van der Waals surface area contributed by atoms with Gasteiger partial charge < -0.3 is 9.64 Å². The number of ether oxygens (including phenoxy) is 1. The summed E-state index contributed by atoms with van der Waals surface area (Å²) < 4.78 is 46.2. The van der Waals surface area contributed by atoms with Crippen LogP contribution in [0.4, 0.5) is 4.39 Å². The lowest BCUT2D eigenvalue weighted by Crippen LogP contribution is -2.31. The van der Waals surface area contributed by atoms with E-state index in [0.717, 1.165) is 0 Å². The van der Waals surface area contributed by atoms with Crippen molar-refractivity contribution in [2.75, 3.05) is 27.2 Å². The molecule has 0 fully saturated rings. The van der Waals surface area contributed by atoms with E-state index >= 15 is 0 Å². The lowest BCUT2D eigenvalue weighted by atomic mass is 10.1. The van der Waals surface area contributed by atoms with Crippen molar-refractivity contribution >= 4 is 27.5 Å². The third-order valence-corrected chi connectivity index (χ3v) is 6.95. The van der Waals surface area contributed by atoms with E-state index in [0.29, 0.717) is 13.1 Å². The molecule has 0 aromatic heterocycles. The molecule has 9 heteroatoms. The van der Waals surface area contributed by atoms with Gasteiger partial charge in [0, 0.05) is 37.3 Å². The van der Waals surface area contributed by atoms with Crippen LogP contribution in [0.1, 0.15) is 29.8 Å². The second kappa shape index (κ2) is 9.56. The van der Waals surface area contributed by atoms with Gasteiger partial charge in [-0.25, -0.2) is 12.8 Å². The van der Waals surface area contributed by atoms with E-state index in [2.05, 4.69) is 0 Å². The van der Waals surface area contributed by atoms with Crippen LogP contribution in [0.25, 0.3) is 0 Å². The molecule has 0 aliphatic rings. The SMILES string of the molecule is CCN(CC)S(=O)(=O)c1ccc(OC)c(C(=O)N(C)Cc2c(F)cccc2Cl)c1. The standard InChI is InChI=1S/C20H24ClFN2O4S/c1-5-24(6-2)29(26,27)14-10-11-19(28-4)15(12-14)20(25)23(3)13-16-17(21)8-7-9-18(16)22/h7-12H,5-6,13H2,1-4H3. The van der Waals surface area contributed by atoms with Crippen molar-refractivity contribution in [3.63, 3.8) is 0 Å². The monoisotopic (exact) mass is 442 g/mol. The highest BCUT2D eigenvalue weighted by Gasteiger charge is 2.26. The number of carbonyl (C=O) groups is 1. The number of halogens is 2. The number of benzene rings is 2. The summed E-state index contributed by atoms with van der Waals surface area (Å²) in [6.07, 6.45) is 0. The van der Waals surface area contributed by atoms with E-state index in [-0.39, 0.29) is 33.3 Å². The maximum Gasteiger partial charge on any atom is 0.257 e. The highest BCUT2D eigenvalue weighted by molar-refractivity contribution is 7.89. The average molecular weight is 443 g/mol. The molecule has 0 bridgehead atoms. The van der Waals surface area contributed by atoms with Crippen molar-refractivity contribution in [1.82, 2.24) is 9.21 Å². The van der Waals surface area contributed by atoms with Crippen LogP contribution in [0.3, 0.4) is 0 Å². The predicted molar refractivity (Wildman–Crippen MR) is 110 cm³/mol. The summed E-state index contributed by atoms with van der Waals surface area (Å²) in [7, 11) is -0.885. The third kappa shape index (κ3) is 4.88. The summed E-state index contributed by atoms with van der Waals surface area (Å²) in [6, 6.07) is 8.40. The highest BCUT2D eigenvalue weighted by atomic mass is 35.5. The van der Waals surface area contributed by atoms with Crippen LogP contribution in [0, 0.1) is 5.82 Å². The number of nitrogens with zero attached hydrogens (tertiary/aromatic N) is 2. The molecule has 0 aliphatic heterocycles. The Bertz CT molecular complexity index is 974. The Hall–Kier alpha value is -2.16. The van der Waals surface area contributed by atoms with E-state index in [9.17, 15) is 17.6 Å². The lowest BCUT2D eigenvalue weighted by Gasteiger charge is -2.22. The maximum atomic E-state index is 14.1. The zero-order chi connectivity index (χ0) is 21.8. The number of methoxy groups -OCH3 is 1. The summed E-state index contributed by atoms with van der Waals surface area (Å²) in [5, 5.41) is 0.203. The lowest BCUT2D eigenvalue weighted by molar-refractivity contribution is 0.0780. The fourth-order valence-electron chi connectivity index (χ4n) is 2.93. The van der Waals surface area contributed by atoms with Crippen molar-refractivity contribution in [3.8, 4) is 5.75 Å². The zero-order valence-electron chi connectivity index (χ0n) is 16.8. The smallest absolute Gasteiger partial charge is 0.257 e. The van der Waals surface area contributed by atoms with Crippen LogP contribution >= 0.6 is 11.6 Å². The van der Waals surface area contributed by atoms with Crippen LogP contribution in [-0.4, -0.2) is 50.8 Å². The first-order valence-corrected chi connectivity index (χ1v) is 10.9. The van der Waals surface area contributed by atoms with Gasteiger partial charge >= 0.3 is 0 Å². The Kier molecular flexibility index (Phi) is 7.62. The number of hydrogen-bond donors (Lipinski definition) is 0. The first-order chi connectivity index (χ1) is 13.7. The summed E-state index contributed by atoms with van der Waals surface area (Å²) in [5.41, 5.74) is 0.242. The Morgan fingerprint density at radius 2 is 1.83 bits per heavy atom. The Labute approximate surface area is 175 Å². The second-order valence-corrected chi connectivity index (χ2v) is 8.66. The molecule has 0 saturated carbocycles. The minimum atomic E-state index is -3.75. The van der Waals surface area contributed by atoms with Gasteiger partial charge in [0.05, 0.1) is 17.6 Å². The van der Waals surface area contributed by atoms with Crippen LogP contribution in [0.2, 0.25) is 5.02 Å². The van der Waals surface area contributed by atoms with Gasteiger partial charge in [-0.2, -0.15) is 4.31 Å². The van der Waals surface area contributed by atoms with Gasteiger partial charge in [0.1, 0.15) is 11.6 Å². The molecule has 6 nitrogen and oxygen atoms in total. The summed E-state index contributed by atoms with van der Waals surface area (Å²) in [5.74, 6) is -0.820. The van der Waals surface area contributed by atoms with Crippen LogP contribution in [-0.2, 0) is 16.6 Å². The number of carbonyl (C=O) groups excluding carboxylic acids is 1. The zero-order valence-corrected chi connectivity index (χ0v) is 18.3. The molecular formula is C20H24ClFN2O4S. The van der Waals surface area contributed by atoms with Gasteiger partial charge in [-0.05, 0) is 30.3 Å². The molecule has 158 valence electrons. The largest absolute Gasteiger partial charge is 0.496 e. The fourth-order valence-corrected chi connectivity index (χ4v) is 4.63. The molecule has 29 heavy (non-hydrogen) atoms. The molecule has 0 heterocycles. The molecule has 0 saturated heterocycles. The topological polar surface area (TPSA) is 66.9 Å². The van der Waals surface area contributed by atoms with Gasteiger partial charge in [-0.3, -0.25) is 4.79 Å². The van der Waals surface area contributed by atoms with Gasteiger partial charge in [-0.15, -0.1) is 0 Å². The molecule has 0 N–H and O–H groups in total. The highest BCUT2D eigenvalue weighted by Crippen LogP contribution is 2.27. The van der Waals surface area contributed by atoms with Crippen molar-refractivity contribution in [2.45, 2.75) is 25.3 Å². The van der Waals surface area contributed by atoms with Gasteiger partial charge in [0.2, 0.25) is 10.0 Å². The van der Waals surface area contributed by atoms with Crippen molar-refractivity contribution in [1.29, 1.82) is 0 Å². The number of amides is 1. The van der Waals surface area contributed by atoms with E-state index in [1.165, 1.54) is 59.8 Å². The number of sulfonamides is 1. The molecule has 0 spiro atoms. The Morgan fingerprint density at radius 3 is 2.38 bits per heavy atom.